The Bertz CT molecular complexity index is 448. The molecule has 0 aromatic heterocycles. The molecule has 0 fully saturated rings. The predicted octanol–water partition coefficient (Wildman–Crippen LogP) is 3.74. The van der Waals surface area contributed by atoms with Crippen LogP contribution in [0, 0.1) is 5.82 Å². The number of carbonyl (C=O) groups is 1. The molecule has 17 heavy (non-hydrogen) atoms. The fraction of sp³-hybridized carbons (Fsp3) is 0.250. The molecule has 1 aromatic rings. The van der Waals surface area contributed by atoms with Crippen LogP contribution < -0.4 is 5.73 Å². The van der Waals surface area contributed by atoms with E-state index >= 15 is 0 Å². The van der Waals surface area contributed by atoms with E-state index in [1.165, 1.54) is 30.8 Å². The van der Waals surface area contributed by atoms with E-state index in [1.807, 2.05) is 6.08 Å². The van der Waals surface area contributed by atoms with Gasteiger partial charge in [0.05, 0.1) is 10.7 Å². The normalized spacial score (nSPS) is 11.0. The van der Waals surface area contributed by atoms with Crippen LogP contribution in [0.1, 0.15) is 18.9 Å². The van der Waals surface area contributed by atoms with Crippen molar-refractivity contribution in [2.75, 3.05) is 11.5 Å². The number of carbonyl (C=O) groups excluding carboxylic acids is 1. The lowest BCUT2D eigenvalue weighted by Crippen LogP contribution is -1.91. The molecule has 0 heterocycles. The molecule has 0 radical (unpaired) electrons. The van der Waals surface area contributed by atoms with Crippen molar-refractivity contribution in [2.45, 2.75) is 13.3 Å². The Kier molecular flexibility index (Phi) is 5.51. The maximum Gasteiger partial charge on any atom is 0.185 e. The summed E-state index contributed by atoms with van der Waals surface area (Å²) in [6.07, 6.45) is 4.31. The molecule has 1 rings (SSSR count). The van der Waals surface area contributed by atoms with Crippen LogP contribution in [0.5, 0.6) is 0 Å². The number of allylic oxidation sites excluding steroid dienone is 1. The summed E-state index contributed by atoms with van der Waals surface area (Å²) in [6, 6.07) is 2.69. The molecule has 2 N–H and O–H groups in total. The monoisotopic (exact) mass is 273 g/mol. The first kappa shape index (κ1) is 14.1. The lowest BCUT2D eigenvalue weighted by atomic mass is 10.1. The van der Waals surface area contributed by atoms with Crippen LogP contribution in [0.4, 0.5) is 10.1 Å². The maximum atomic E-state index is 13.2. The Morgan fingerprint density at radius 2 is 2.29 bits per heavy atom. The van der Waals surface area contributed by atoms with Gasteiger partial charge in [0, 0.05) is 12.7 Å². The zero-order chi connectivity index (χ0) is 12.8. The molecule has 0 bridgehead atoms. The molecule has 2 nitrogen and oxygen atoms in total. The Labute approximate surface area is 109 Å². The summed E-state index contributed by atoms with van der Waals surface area (Å²) >= 11 is 7.17. The van der Waals surface area contributed by atoms with E-state index in [-0.39, 0.29) is 10.8 Å². The molecule has 0 aliphatic rings. The molecular weight excluding hydrogens is 261 g/mol. The zero-order valence-corrected chi connectivity index (χ0v) is 10.9. The van der Waals surface area contributed by atoms with Crippen molar-refractivity contribution in [3.05, 3.63) is 34.6 Å². The Balaban J connectivity index is 2.59. The summed E-state index contributed by atoms with van der Waals surface area (Å²) < 4.78 is 13.2. The minimum atomic E-state index is -0.479. The van der Waals surface area contributed by atoms with Crippen molar-refractivity contribution >= 4 is 40.2 Å². The lowest BCUT2D eigenvalue weighted by molar-refractivity contribution is -0.109. The van der Waals surface area contributed by atoms with Gasteiger partial charge in [-0.25, -0.2) is 4.39 Å². The summed E-state index contributed by atoms with van der Waals surface area (Å²) in [4.78, 5) is 10.7. The maximum absolute atomic E-state index is 13.2. The largest absolute Gasteiger partial charge is 0.396 e. The highest BCUT2D eigenvalue weighted by atomic mass is 35.5. The van der Waals surface area contributed by atoms with Crippen molar-refractivity contribution < 1.29 is 9.18 Å². The zero-order valence-electron chi connectivity index (χ0n) is 9.37. The van der Waals surface area contributed by atoms with Gasteiger partial charge in [-0.15, -0.1) is 0 Å². The van der Waals surface area contributed by atoms with Crippen molar-refractivity contribution in [1.82, 2.24) is 0 Å². The summed E-state index contributed by atoms with van der Waals surface area (Å²) in [7, 11) is 0. The average molecular weight is 274 g/mol. The summed E-state index contributed by atoms with van der Waals surface area (Å²) in [5, 5.41) is 0.509. The highest BCUT2D eigenvalue weighted by Gasteiger charge is 2.03. The minimum absolute atomic E-state index is 0.0410. The lowest BCUT2D eigenvalue weighted by Gasteiger charge is -2.01. The second-order valence-corrected chi connectivity index (χ2v) is 5.11. The van der Waals surface area contributed by atoms with E-state index in [9.17, 15) is 9.18 Å². The molecule has 1 aromatic carbocycles. The molecule has 5 heteroatoms. The number of rotatable bonds is 4. The van der Waals surface area contributed by atoms with Crippen LogP contribution in [-0.4, -0.2) is 10.9 Å². The second-order valence-electron chi connectivity index (χ2n) is 3.43. The first-order valence-electron chi connectivity index (χ1n) is 5.05. The molecule has 0 saturated carbocycles. The van der Waals surface area contributed by atoms with Crippen LogP contribution >= 0.6 is 23.4 Å². The van der Waals surface area contributed by atoms with Crippen LogP contribution in [-0.2, 0) is 4.79 Å². The van der Waals surface area contributed by atoms with Gasteiger partial charge in [0.2, 0.25) is 0 Å². The molecule has 0 unspecified atom stereocenters. The van der Waals surface area contributed by atoms with Gasteiger partial charge in [-0.3, -0.25) is 4.79 Å². The van der Waals surface area contributed by atoms with Gasteiger partial charge in [-0.05, 0) is 24.1 Å². The molecule has 0 saturated heterocycles. The van der Waals surface area contributed by atoms with Gasteiger partial charge in [-0.1, -0.05) is 35.5 Å². The number of anilines is 1. The number of halogens is 2. The Morgan fingerprint density at radius 1 is 1.59 bits per heavy atom. The van der Waals surface area contributed by atoms with Gasteiger partial charge in [0.1, 0.15) is 5.82 Å². The van der Waals surface area contributed by atoms with Crippen LogP contribution in [0.25, 0.3) is 6.08 Å². The smallest absolute Gasteiger partial charge is 0.185 e. The van der Waals surface area contributed by atoms with E-state index in [0.717, 1.165) is 6.42 Å². The Morgan fingerprint density at radius 3 is 2.94 bits per heavy atom. The van der Waals surface area contributed by atoms with Gasteiger partial charge < -0.3 is 5.73 Å². The summed E-state index contributed by atoms with van der Waals surface area (Å²) in [5.41, 5.74) is 6.00. The fourth-order valence-electron chi connectivity index (χ4n) is 1.19. The Hall–Kier alpha value is -1.00. The van der Waals surface area contributed by atoms with Crippen molar-refractivity contribution in [3.8, 4) is 0 Å². The SMILES string of the molecule is CC(=O)SCCC=Cc1cc(F)c(N)cc1Cl. The third-order valence-electron chi connectivity index (χ3n) is 2.00. The van der Waals surface area contributed by atoms with E-state index in [4.69, 9.17) is 17.3 Å². The summed E-state index contributed by atoms with van der Waals surface area (Å²) in [5.74, 6) is 0.230. The molecule has 0 aliphatic carbocycles. The number of thioether (sulfide) groups is 1. The van der Waals surface area contributed by atoms with Gasteiger partial charge >= 0.3 is 0 Å². The van der Waals surface area contributed by atoms with Crippen LogP contribution in [0.2, 0.25) is 5.02 Å². The minimum Gasteiger partial charge on any atom is -0.396 e. The predicted molar refractivity (Wildman–Crippen MR) is 72.6 cm³/mol. The van der Waals surface area contributed by atoms with Gasteiger partial charge in [-0.2, -0.15) is 0 Å². The van der Waals surface area contributed by atoms with Crippen molar-refractivity contribution in [2.24, 2.45) is 0 Å². The van der Waals surface area contributed by atoms with Crippen LogP contribution in [0.3, 0.4) is 0 Å². The molecule has 0 amide bonds. The van der Waals surface area contributed by atoms with E-state index in [0.29, 0.717) is 16.3 Å². The highest BCUT2D eigenvalue weighted by Crippen LogP contribution is 2.23. The molecular formula is C12H13ClFNOS. The molecule has 0 aliphatic heterocycles. The van der Waals surface area contributed by atoms with Crippen LogP contribution in [0.15, 0.2) is 18.2 Å². The van der Waals surface area contributed by atoms with Gasteiger partial charge in [0.15, 0.2) is 5.12 Å². The molecule has 92 valence electrons. The van der Waals surface area contributed by atoms with Gasteiger partial charge in [0.25, 0.3) is 0 Å². The molecule has 0 spiro atoms. The van der Waals surface area contributed by atoms with E-state index in [1.54, 1.807) is 6.08 Å². The van der Waals surface area contributed by atoms with E-state index < -0.39 is 5.82 Å². The second kappa shape index (κ2) is 6.67. The average Bonchev–Trinajstić information content (AvgIpc) is 2.24. The first-order chi connectivity index (χ1) is 8.00. The third-order valence-corrected chi connectivity index (χ3v) is 3.18. The fourth-order valence-corrected chi connectivity index (χ4v) is 1.96. The number of nitrogens with two attached hydrogens (primary N) is 1. The topological polar surface area (TPSA) is 43.1 Å². The number of benzene rings is 1. The number of hydrogen-bond acceptors (Lipinski definition) is 3. The van der Waals surface area contributed by atoms with Crippen molar-refractivity contribution in [1.29, 1.82) is 0 Å². The van der Waals surface area contributed by atoms with E-state index in [2.05, 4.69) is 0 Å². The number of hydrogen-bond donors (Lipinski definition) is 1. The molecule has 0 atom stereocenters. The van der Waals surface area contributed by atoms with Crippen molar-refractivity contribution in [3.63, 3.8) is 0 Å². The highest BCUT2D eigenvalue weighted by molar-refractivity contribution is 8.13. The first-order valence-corrected chi connectivity index (χ1v) is 6.41. The standard InChI is InChI=1S/C12H13ClFNOS/c1-8(16)17-5-3-2-4-9-6-11(14)12(15)7-10(9)13/h2,4,6-7H,3,5,15H2,1H3. The third kappa shape index (κ3) is 4.79. The number of nitrogen functional groups attached to an aromatic ring is 1. The quantitative estimate of drug-likeness (QED) is 0.671. The summed E-state index contributed by atoms with van der Waals surface area (Å²) in [6.45, 7) is 1.53.